The standard InChI is InChI=1S/C16H21BrO2/c1-3-11-5-6-14(17)8-12(7-11)15-9-13(15)10-16(18)19-4-2/h5-8,11,13,15H,3-4,9-10H2,1-2H3/t11-,13?,15?/m1/s1. The van der Waals surface area contributed by atoms with Crippen molar-refractivity contribution in [3.63, 3.8) is 0 Å². The molecule has 2 unspecified atom stereocenters. The number of hydrogen-bond acceptors (Lipinski definition) is 2. The number of ether oxygens (including phenoxy) is 1. The highest BCUT2D eigenvalue weighted by Crippen LogP contribution is 2.48. The average molecular weight is 325 g/mol. The van der Waals surface area contributed by atoms with E-state index in [4.69, 9.17) is 4.74 Å². The lowest BCUT2D eigenvalue weighted by molar-refractivity contribution is -0.143. The van der Waals surface area contributed by atoms with Crippen molar-refractivity contribution in [1.29, 1.82) is 0 Å². The van der Waals surface area contributed by atoms with Gasteiger partial charge in [-0.2, -0.15) is 0 Å². The Morgan fingerprint density at radius 1 is 1.47 bits per heavy atom. The number of halogens is 1. The number of esters is 1. The van der Waals surface area contributed by atoms with E-state index in [0.717, 1.165) is 17.3 Å². The van der Waals surface area contributed by atoms with Crippen LogP contribution in [0, 0.1) is 17.8 Å². The quantitative estimate of drug-likeness (QED) is 0.701. The Balaban J connectivity index is 1.97. The van der Waals surface area contributed by atoms with Crippen molar-refractivity contribution in [3.05, 3.63) is 34.4 Å². The summed E-state index contributed by atoms with van der Waals surface area (Å²) in [4.78, 5) is 11.5. The van der Waals surface area contributed by atoms with Gasteiger partial charge < -0.3 is 4.74 Å². The Morgan fingerprint density at radius 3 is 2.95 bits per heavy atom. The van der Waals surface area contributed by atoms with Crippen LogP contribution in [0.1, 0.15) is 33.1 Å². The van der Waals surface area contributed by atoms with Gasteiger partial charge in [0.05, 0.1) is 6.61 Å². The summed E-state index contributed by atoms with van der Waals surface area (Å²) in [6.45, 7) is 4.53. The highest BCUT2D eigenvalue weighted by atomic mass is 79.9. The van der Waals surface area contributed by atoms with Crippen LogP contribution in [0.2, 0.25) is 0 Å². The molecule has 0 radical (unpaired) electrons. The first-order valence-electron chi connectivity index (χ1n) is 7.06. The Kier molecular flexibility index (Phi) is 5.03. The van der Waals surface area contributed by atoms with E-state index in [2.05, 4.69) is 47.2 Å². The van der Waals surface area contributed by atoms with E-state index in [0.29, 0.717) is 30.8 Å². The molecule has 0 bridgehead atoms. The molecular weight excluding hydrogens is 304 g/mol. The summed E-state index contributed by atoms with van der Waals surface area (Å²) in [7, 11) is 0. The summed E-state index contributed by atoms with van der Waals surface area (Å²) in [6, 6.07) is 0. The molecule has 0 aliphatic heterocycles. The molecule has 2 nitrogen and oxygen atoms in total. The molecular formula is C16H21BrO2. The second-order valence-corrected chi connectivity index (χ2v) is 6.15. The van der Waals surface area contributed by atoms with E-state index in [1.807, 2.05) is 6.92 Å². The number of carbonyl (C=O) groups excluding carboxylic acids is 1. The molecule has 2 rings (SSSR count). The number of rotatable bonds is 5. The molecule has 3 atom stereocenters. The van der Waals surface area contributed by atoms with E-state index in [9.17, 15) is 4.79 Å². The topological polar surface area (TPSA) is 26.3 Å². The predicted octanol–water partition coefficient (Wildman–Crippen LogP) is 4.38. The fourth-order valence-corrected chi connectivity index (χ4v) is 2.99. The van der Waals surface area contributed by atoms with E-state index in [1.54, 1.807) is 0 Å². The van der Waals surface area contributed by atoms with Crippen molar-refractivity contribution in [3.8, 4) is 0 Å². The zero-order valence-electron chi connectivity index (χ0n) is 11.6. The third-order valence-corrected chi connectivity index (χ3v) is 4.26. The maximum Gasteiger partial charge on any atom is 0.306 e. The van der Waals surface area contributed by atoms with Crippen LogP contribution >= 0.6 is 15.9 Å². The van der Waals surface area contributed by atoms with Gasteiger partial charge in [-0.3, -0.25) is 4.79 Å². The molecule has 3 heteroatoms. The summed E-state index contributed by atoms with van der Waals surface area (Å²) in [5.74, 6) is 1.45. The molecule has 2 aliphatic carbocycles. The smallest absolute Gasteiger partial charge is 0.306 e. The maximum absolute atomic E-state index is 11.5. The fraction of sp³-hybridized carbons (Fsp3) is 0.562. The van der Waals surface area contributed by atoms with Crippen molar-refractivity contribution in [2.24, 2.45) is 17.8 Å². The van der Waals surface area contributed by atoms with Crippen molar-refractivity contribution in [2.45, 2.75) is 33.1 Å². The van der Waals surface area contributed by atoms with Crippen LogP contribution < -0.4 is 0 Å². The minimum atomic E-state index is -0.0579. The zero-order valence-corrected chi connectivity index (χ0v) is 13.2. The highest BCUT2D eigenvalue weighted by molar-refractivity contribution is 9.11. The predicted molar refractivity (Wildman–Crippen MR) is 80.9 cm³/mol. The lowest BCUT2D eigenvalue weighted by Gasteiger charge is -2.06. The number of hydrogen-bond donors (Lipinski definition) is 0. The van der Waals surface area contributed by atoms with Crippen LogP contribution in [0.25, 0.3) is 0 Å². The lowest BCUT2D eigenvalue weighted by Crippen LogP contribution is -2.05. The molecule has 0 N–H and O–H groups in total. The molecule has 0 aromatic heterocycles. The van der Waals surface area contributed by atoms with E-state index in [1.165, 1.54) is 5.57 Å². The van der Waals surface area contributed by atoms with Gasteiger partial charge in [0.15, 0.2) is 0 Å². The first kappa shape index (κ1) is 14.6. The molecule has 0 aromatic rings. The van der Waals surface area contributed by atoms with Crippen molar-refractivity contribution < 1.29 is 9.53 Å². The molecule has 0 aromatic carbocycles. The van der Waals surface area contributed by atoms with Crippen LogP contribution in [0.15, 0.2) is 34.4 Å². The van der Waals surface area contributed by atoms with Gasteiger partial charge >= 0.3 is 5.97 Å². The van der Waals surface area contributed by atoms with Crippen LogP contribution in [0.3, 0.4) is 0 Å². The number of carbonyl (C=O) groups is 1. The Hall–Kier alpha value is -0.830. The third-order valence-electron chi connectivity index (χ3n) is 3.77. The lowest BCUT2D eigenvalue weighted by atomic mass is 10.00. The third kappa shape index (κ3) is 4.07. The van der Waals surface area contributed by atoms with E-state index < -0.39 is 0 Å². The van der Waals surface area contributed by atoms with Crippen LogP contribution in [-0.2, 0) is 9.53 Å². The number of allylic oxidation sites excluding steroid dienone is 6. The first-order valence-corrected chi connectivity index (χ1v) is 7.86. The summed E-state index contributed by atoms with van der Waals surface area (Å²) >= 11 is 3.57. The minimum absolute atomic E-state index is 0.0579. The summed E-state index contributed by atoms with van der Waals surface area (Å²) in [6.07, 6.45) is 11.7. The summed E-state index contributed by atoms with van der Waals surface area (Å²) in [5.41, 5.74) is 1.37. The van der Waals surface area contributed by atoms with Crippen LogP contribution in [0.4, 0.5) is 0 Å². The Bertz CT molecular complexity index is 434. The molecule has 0 heterocycles. The van der Waals surface area contributed by atoms with Crippen LogP contribution in [-0.4, -0.2) is 12.6 Å². The zero-order chi connectivity index (χ0) is 13.8. The highest BCUT2D eigenvalue weighted by Gasteiger charge is 2.40. The molecule has 1 saturated carbocycles. The summed E-state index contributed by atoms with van der Waals surface area (Å²) in [5, 5.41) is 0. The molecule has 0 spiro atoms. The van der Waals surface area contributed by atoms with E-state index in [-0.39, 0.29) is 5.97 Å². The van der Waals surface area contributed by atoms with Crippen molar-refractivity contribution in [2.75, 3.05) is 6.61 Å². The minimum Gasteiger partial charge on any atom is -0.466 e. The normalized spacial score (nSPS) is 29.3. The van der Waals surface area contributed by atoms with Crippen molar-refractivity contribution >= 4 is 21.9 Å². The molecule has 0 saturated heterocycles. The largest absolute Gasteiger partial charge is 0.466 e. The molecule has 19 heavy (non-hydrogen) atoms. The Labute approximate surface area is 123 Å². The van der Waals surface area contributed by atoms with Gasteiger partial charge in [0.25, 0.3) is 0 Å². The Morgan fingerprint density at radius 2 is 2.26 bits per heavy atom. The van der Waals surface area contributed by atoms with Gasteiger partial charge in [0.2, 0.25) is 0 Å². The van der Waals surface area contributed by atoms with Gasteiger partial charge in [-0.25, -0.2) is 0 Å². The first-order chi connectivity index (χ1) is 9.13. The monoisotopic (exact) mass is 324 g/mol. The van der Waals surface area contributed by atoms with Crippen LogP contribution in [0.5, 0.6) is 0 Å². The van der Waals surface area contributed by atoms with Gasteiger partial charge in [-0.1, -0.05) is 41.1 Å². The van der Waals surface area contributed by atoms with Gasteiger partial charge in [-0.15, -0.1) is 0 Å². The van der Waals surface area contributed by atoms with Gasteiger partial charge in [0.1, 0.15) is 0 Å². The second-order valence-electron chi connectivity index (χ2n) is 5.24. The van der Waals surface area contributed by atoms with Gasteiger partial charge in [-0.05, 0) is 49.2 Å². The summed E-state index contributed by atoms with van der Waals surface area (Å²) < 4.78 is 6.14. The fourth-order valence-electron chi connectivity index (χ4n) is 2.57. The van der Waals surface area contributed by atoms with Gasteiger partial charge in [0, 0.05) is 10.9 Å². The molecule has 104 valence electrons. The second kappa shape index (κ2) is 6.56. The maximum atomic E-state index is 11.5. The van der Waals surface area contributed by atoms with E-state index >= 15 is 0 Å². The molecule has 1 fully saturated rings. The molecule has 0 amide bonds. The average Bonchev–Trinajstić information content (AvgIpc) is 3.13. The molecule has 2 aliphatic rings. The SMILES string of the molecule is CCOC(=O)CC1CC1C1=C[C@H](CC)C=CC(Br)=C1. The van der Waals surface area contributed by atoms with Crippen molar-refractivity contribution in [1.82, 2.24) is 0 Å².